The van der Waals surface area contributed by atoms with Crippen molar-refractivity contribution in [2.24, 2.45) is 5.10 Å². The van der Waals surface area contributed by atoms with Crippen LogP contribution in [0.3, 0.4) is 0 Å². The van der Waals surface area contributed by atoms with Crippen molar-refractivity contribution < 1.29 is 9.53 Å². The van der Waals surface area contributed by atoms with E-state index < -0.39 is 5.91 Å². The fraction of sp³-hybridized carbons (Fsp3) is 0.0800. The zero-order valence-corrected chi connectivity index (χ0v) is 19.2. The van der Waals surface area contributed by atoms with Gasteiger partial charge in [-0.3, -0.25) is 4.79 Å². The molecule has 0 spiro atoms. The summed E-state index contributed by atoms with van der Waals surface area (Å²) in [5, 5.41) is 9.43. The van der Waals surface area contributed by atoms with Crippen molar-refractivity contribution in [2.75, 3.05) is 6.61 Å². The van der Waals surface area contributed by atoms with Gasteiger partial charge in [-0.05, 0) is 31.2 Å². The van der Waals surface area contributed by atoms with Crippen LogP contribution >= 0.6 is 23.2 Å². The maximum Gasteiger partial charge on any atom is 0.277 e. The number of carbonyl (C=O) groups excluding carboxylic acids is 1. The van der Waals surface area contributed by atoms with Gasteiger partial charge in [0.1, 0.15) is 16.5 Å². The number of nitrogens with zero attached hydrogens (tertiary/aromatic N) is 3. The molecule has 1 N–H and O–H groups in total. The first-order valence-electron chi connectivity index (χ1n) is 10.1. The van der Waals surface area contributed by atoms with E-state index in [1.165, 1.54) is 0 Å². The Morgan fingerprint density at radius 3 is 2.58 bits per heavy atom. The first kappa shape index (κ1) is 22.6. The molecule has 166 valence electrons. The first-order chi connectivity index (χ1) is 16.0. The minimum Gasteiger partial charge on any atom is -0.482 e. The zero-order valence-electron chi connectivity index (χ0n) is 17.7. The molecule has 0 atom stereocenters. The van der Waals surface area contributed by atoms with E-state index in [1.54, 1.807) is 29.1 Å². The average Bonchev–Trinajstić information content (AvgIpc) is 3.25. The number of amides is 1. The Kier molecular flexibility index (Phi) is 7.07. The Labute approximate surface area is 201 Å². The zero-order chi connectivity index (χ0) is 23.2. The third kappa shape index (κ3) is 5.61. The summed E-state index contributed by atoms with van der Waals surface area (Å²) >= 11 is 12.0. The van der Waals surface area contributed by atoms with Gasteiger partial charge in [-0.1, -0.05) is 77.3 Å². The quantitative estimate of drug-likeness (QED) is 0.274. The fourth-order valence-electron chi connectivity index (χ4n) is 3.08. The molecular weight excluding hydrogens is 459 g/mol. The molecule has 1 heterocycles. The van der Waals surface area contributed by atoms with E-state index >= 15 is 0 Å². The van der Waals surface area contributed by atoms with Crippen molar-refractivity contribution in [1.82, 2.24) is 15.2 Å². The van der Waals surface area contributed by atoms with Crippen LogP contribution in [0.2, 0.25) is 10.0 Å². The topological polar surface area (TPSA) is 68.5 Å². The lowest BCUT2D eigenvalue weighted by molar-refractivity contribution is -0.123. The molecule has 1 aromatic heterocycles. The van der Waals surface area contributed by atoms with Crippen molar-refractivity contribution in [3.8, 4) is 22.7 Å². The molecule has 0 aliphatic carbocycles. The van der Waals surface area contributed by atoms with Crippen LogP contribution in [0.5, 0.6) is 5.75 Å². The molecule has 0 fully saturated rings. The molecular formula is C25H20Cl2N4O2. The van der Waals surface area contributed by atoms with Gasteiger partial charge in [-0.2, -0.15) is 10.2 Å². The van der Waals surface area contributed by atoms with E-state index in [-0.39, 0.29) is 11.6 Å². The van der Waals surface area contributed by atoms with Gasteiger partial charge in [0.15, 0.2) is 6.61 Å². The van der Waals surface area contributed by atoms with Crippen molar-refractivity contribution in [3.05, 3.63) is 100 Å². The summed E-state index contributed by atoms with van der Waals surface area (Å²) in [5.74, 6) is -0.108. The molecule has 4 rings (SSSR count). The van der Waals surface area contributed by atoms with Crippen LogP contribution in [0.25, 0.3) is 16.9 Å². The molecule has 1 amide bonds. The molecule has 0 aliphatic heterocycles. The third-order valence-electron chi connectivity index (χ3n) is 4.76. The summed E-state index contributed by atoms with van der Waals surface area (Å²) < 4.78 is 7.21. The number of para-hydroxylation sites is 1. The van der Waals surface area contributed by atoms with E-state index in [0.717, 1.165) is 28.1 Å². The maximum atomic E-state index is 12.2. The molecule has 4 aromatic rings. The highest BCUT2D eigenvalue weighted by molar-refractivity contribution is 6.42. The second kappa shape index (κ2) is 10.3. The normalized spacial score (nSPS) is 11.0. The van der Waals surface area contributed by atoms with Gasteiger partial charge in [-0.15, -0.1) is 0 Å². The van der Waals surface area contributed by atoms with Crippen LogP contribution in [0.15, 0.2) is 84.1 Å². The first-order valence-corrected chi connectivity index (χ1v) is 10.9. The summed E-state index contributed by atoms with van der Waals surface area (Å²) in [4.78, 5) is 12.2. The Balaban J connectivity index is 1.50. The highest BCUT2D eigenvalue weighted by Crippen LogP contribution is 2.31. The minimum absolute atomic E-state index is 0.256. The van der Waals surface area contributed by atoms with Gasteiger partial charge < -0.3 is 4.74 Å². The monoisotopic (exact) mass is 478 g/mol. The van der Waals surface area contributed by atoms with Crippen LogP contribution in [-0.2, 0) is 4.79 Å². The molecule has 3 aromatic carbocycles. The molecule has 0 radical (unpaired) electrons. The molecule has 0 bridgehead atoms. The van der Waals surface area contributed by atoms with Gasteiger partial charge >= 0.3 is 0 Å². The van der Waals surface area contributed by atoms with Crippen molar-refractivity contribution in [2.45, 2.75) is 6.92 Å². The highest BCUT2D eigenvalue weighted by Gasteiger charge is 2.12. The van der Waals surface area contributed by atoms with E-state index in [4.69, 9.17) is 33.0 Å². The van der Waals surface area contributed by atoms with E-state index in [1.807, 2.05) is 67.7 Å². The summed E-state index contributed by atoms with van der Waals surface area (Å²) in [5.41, 5.74) is 6.99. The standard InChI is InChI=1S/C25H20Cl2N4O2/c1-17-10-12-18(13-11-17)25-19(15-31(30-25)20-6-3-2-4-7-20)14-28-29-23(32)16-33-22-9-5-8-21(26)24(22)27/h2-15H,16H2,1H3,(H,29,32)/b28-14+. The lowest BCUT2D eigenvalue weighted by Gasteiger charge is -2.07. The van der Waals surface area contributed by atoms with Crippen molar-refractivity contribution in [3.63, 3.8) is 0 Å². The fourth-order valence-corrected chi connectivity index (χ4v) is 3.42. The molecule has 6 nitrogen and oxygen atoms in total. The molecule has 0 saturated carbocycles. The number of rotatable bonds is 7. The molecule has 0 aliphatic rings. The van der Waals surface area contributed by atoms with Gasteiger partial charge in [0.25, 0.3) is 5.91 Å². The van der Waals surface area contributed by atoms with E-state index in [9.17, 15) is 4.79 Å². The second-order valence-electron chi connectivity index (χ2n) is 7.21. The molecule has 8 heteroatoms. The van der Waals surface area contributed by atoms with Gasteiger partial charge in [0.2, 0.25) is 0 Å². The molecule has 33 heavy (non-hydrogen) atoms. The number of hydrogen-bond acceptors (Lipinski definition) is 4. The van der Waals surface area contributed by atoms with Gasteiger partial charge in [0.05, 0.1) is 16.9 Å². The predicted molar refractivity (Wildman–Crippen MR) is 131 cm³/mol. The minimum atomic E-state index is -0.436. The Hall–Kier alpha value is -3.61. The summed E-state index contributed by atoms with van der Waals surface area (Å²) in [6, 6.07) is 22.8. The maximum absolute atomic E-state index is 12.2. The lowest BCUT2D eigenvalue weighted by atomic mass is 10.1. The Bertz CT molecular complexity index is 1290. The number of hydrogen-bond donors (Lipinski definition) is 1. The number of ether oxygens (including phenoxy) is 1. The highest BCUT2D eigenvalue weighted by atomic mass is 35.5. The van der Waals surface area contributed by atoms with Gasteiger partial charge in [-0.25, -0.2) is 10.1 Å². The largest absolute Gasteiger partial charge is 0.482 e. The summed E-state index contributed by atoms with van der Waals surface area (Å²) in [6.45, 7) is 1.77. The van der Waals surface area contributed by atoms with Crippen molar-refractivity contribution in [1.29, 1.82) is 0 Å². The van der Waals surface area contributed by atoms with Crippen LogP contribution in [0.4, 0.5) is 0 Å². The number of benzene rings is 3. The molecule has 0 unspecified atom stereocenters. The number of carbonyl (C=O) groups is 1. The third-order valence-corrected chi connectivity index (χ3v) is 5.56. The van der Waals surface area contributed by atoms with Crippen LogP contribution < -0.4 is 10.2 Å². The van der Waals surface area contributed by atoms with Crippen LogP contribution in [0, 0.1) is 6.92 Å². The smallest absolute Gasteiger partial charge is 0.277 e. The summed E-state index contributed by atoms with van der Waals surface area (Å²) in [7, 11) is 0. The van der Waals surface area contributed by atoms with E-state index in [0.29, 0.717) is 10.8 Å². The second-order valence-corrected chi connectivity index (χ2v) is 8.00. The lowest BCUT2D eigenvalue weighted by Crippen LogP contribution is -2.24. The Morgan fingerprint density at radius 2 is 1.82 bits per heavy atom. The number of halogens is 2. The van der Waals surface area contributed by atoms with Crippen LogP contribution in [0.1, 0.15) is 11.1 Å². The Morgan fingerprint density at radius 1 is 1.06 bits per heavy atom. The molecule has 0 saturated heterocycles. The summed E-state index contributed by atoms with van der Waals surface area (Å²) in [6.07, 6.45) is 3.42. The van der Waals surface area contributed by atoms with E-state index in [2.05, 4.69) is 10.5 Å². The SMILES string of the molecule is Cc1ccc(-c2nn(-c3ccccc3)cc2/C=N/NC(=O)COc2cccc(Cl)c2Cl)cc1. The van der Waals surface area contributed by atoms with Crippen molar-refractivity contribution >= 4 is 35.3 Å². The number of hydrazone groups is 1. The van der Waals surface area contributed by atoms with Gasteiger partial charge in [0, 0.05) is 17.3 Å². The number of aryl methyl sites for hydroxylation is 1. The van der Waals surface area contributed by atoms with Crippen LogP contribution in [-0.4, -0.2) is 28.5 Å². The number of aromatic nitrogens is 2. The predicted octanol–water partition coefficient (Wildman–Crippen LogP) is 5.68. The average molecular weight is 479 g/mol. The number of nitrogens with one attached hydrogen (secondary N) is 1.